The third-order valence-corrected chi connectivity index (χ3v) is 4.27. The van der Waals surface area contributed by atoms with E-state index in [1.165, 1.54) is 0 Å². The van der Waals surface area contributed by atoms with Crippen molar-refractivity contribution in [2.75, 3.05) is 12.4 Å². The Morgan fingerprint density at radius 2 is 1.63 bits per heavy atom. The molecule has 154 valence electrons. The van der Waals surface area contributed by atoms with Crippen molar-refractivity contribution in [3.05, 3.63) is 83.9 Å². The number of hydrogen-bond acceptors (Lipinski definition) is 5. The van der Waals surface area contributed by atoms with Gasteiger partial charge in [-0.3, -0.25) is 14.8 Å². The van der Waals surface area contributed by atoms with Gasteiger partial charge < -0.3 is 20.7 Å². The summed E-state index contributed by atoms with van der Waals surface area (Å²) in [7, 11) is 1.61. The van der Waals surface area contributed by atoms with Crippen molar-refractivity contribution >= 4 is 17.6 Å². The molecule has 0 atom stereocenters. The van der Waals surface area contributed by atoms with Crippen molar-refractivity contribution in [1.29, 1.82) is 0 Å². The minimum atomic E-state index is -0.305. The lowest BCUT2D eigenvalue weighted by Crippen LogP contribution is -2.28. The van der Waals surface area contributed by atoms with Gasteiger partial charge in [0.2, 0.25) is 5.91 Å². The summed E-state index contributed by atoms with van der Waals surface area (Å²) in [6.07, 6.45) is 5.02. The van der Waals surface area contributed by atoms with E-state index in [9.17, 15) is 9.59 Å². The number of ether oxygens (including phenoxy) is 1. The largest absolute Gasteiger partial charge is 0.497 e. The van der Waals surface area contributed by atoms with E-state index in [0.29, 0.717) is 24.5 Å². The number of nitrogens with zero attached hydrogens (tertiary/aromatic N) is 2. The highest BCUT2D eigenvalue weighted by atomic mass is 16.5. The second-order valence-electron chi connectivity index (χ2n) is 6.50. The van der Waals surface area contributed by atoms with Gasteiger partial charge in [-0.05, 0) is 35.4 Å². The fourth-order valence-corrected chi connectivity index (χ4v) is 2.67. The molecule has 1 heterocycles. The third-order valence-electron chi connectivity index (χ3n) is 4.27. The SMILES string of the molecule is COc1ccc(CNC(=O)Nc2ccc(CC(=O)NCc3cnccn3)cc2)cc1. The number of aromatic nitrogens is 2. The van der Waals surface area contributed by atoms with E-state index < -0.39 is 0 Å². The van der Waals surface area contributed by atoms with Gasteiger partial charge in [0, 0.05) is 24.6 Å². The second kappa shape index (κ2) is 10.6. The number of carbonyl (C=O) groups excluding carboxylic acids is 2. The van der Waals surface area contributed by atoms with E-state index in [1.807, 2.05) is 24.3 Å². The Morgan fingerprint density at radius 3 is 2.30 bits per heavy atom. The molecule has 8 heteroatoms. The summed E-state index contributed by atoms with van der Waals surface area (Å²) in [4.78, 5) is 32.2. The number of benzene rings is 2. The number of urea groups is 1. The summed E-state index contributed by atoms with van der Waals surface area (Å²) in [5.41, 5.74) is 3.15. The van der Waals surface area contributed by atoms with Crippen LogP contribution in [0.3, 0.4) is 0 Å². The average molecular weight is 405 g/mol. The van der Waals surface area contributed by atoms with Gasteiger partial charge in [-0.2, -0.15) is 0 Å². The lowest BCUT2D eigenvalue weighted by atomic mass is 10.1. The summed E-state index contributed by atoms with van der Waals surface area (Å²) in [6, 6.07) is 14.3. The average Bonchev–Trinajstić information content (AvgIpc) is 2.79. The number of hydrogen-bond donors (Lipinski definition) is 3. The Morgan fingerprint density at radius 1 is 0.900 bits per heavy atom. The molecule has 0 aliphatic heterocycles. The van der Waals surface area contributed by atoms with E-state index in [1.54, 1.807) is 50.0 Å². The maximum absolute atomic E-state index is 12.1. The van der Waals surface area contributed by atoms with Crippen molar-refractivity contribution in [3.63, 3.8) is 0 Å². The molecule has 3 N–H and O–H groups in total. The maximum atomic E-state index is 12.1. The molecule has 3 rings (SSSR count). The van der Waals surface area contributed by atoms with Gasteiger partial charge in [-0.1, -0.05) is 24.3 Å². The fourth-order valence-electron chi connectivity index (χ4n) is 2.67. The van der Waals surface area contributed by atoms with Crippen LogP contribution in [0.2, 0.25) is 0 Å². The zero-order valence-electron chi connectivity index (χ0n) is 16.6. The number of anilines is 1. The molecule has 0 radical (unpaired) electrons. The zero-order chi connectivity index (χ0) is 21.2. The molecule has 0 aliphatic carbocycles. The van der Waals surface area contributed by atoms with Crippen LogP contribution in [-0.2, 0) is 24.3 Å². The van der Waals surface area contributed by atoms with E-state index >= 15 is 0 Å². The van der Waals surface area contributed by atoms with Crippen LogP contribution in [-0.4, -0.2) is 29.0 Å². The Hall–Kier alpha value is -3.94. The number of rotatable bonds is 8. The molecule has 30 heavy (non-hydrogen) atoms. The van der Waals surface area contributed by atoms with Gasteiger partial charge in [-0.15, -0.1) is 0 Å². The Bertz CT molecular complexity index is 960. The van der Waals surface area contributed by atoms with Gasteiger partial charge in [0.15, 0.2) is 0 Å². The van der Waals surface area contributed by atoms with Gasteiger partial charge >= 0.3 is 6.03 Å². The molecule has 0 spiro atoms. The smallest absolute Gasteiger partial charge is 0.319 e. The molecule has 0 fully saturated rings. The minimum absolute atomic E-state index is 0.112. The monoisotopic (exact) mass is 405 g/mol. The van der Waals surface area contributed by atoms with Crippen LogP contribution < -0.4 is 20.7 Å². The number of carbonyl (C=O) groups is 2. The van der Waals surface area contributed by atoms with Crippen molar-refractivity contribution in [3.8, 4) is 5.75 Å². The molecule has 2 aromatic carbocycles. The predicted molar refractivity (Wildman–Crippen MR) is 113 cm³/mol. The van der Waals surface area contributed by atoms with Crippen LogP contribution in [0, 0.1) is 0 Å². The predicted octanol–water partition coefficient (Wildman–Crippen LogP) is 2.67. The van der Waals surface area contributed by atoms with E-state index in [-0.39, 0.29) is 18.4 Å². The molecule has 3 aromatic rings. The van der Waals surface area contributed by atoms with Crippen LogP contribution in [0.5, 0.6) is 5.75 Å². The topological polar surface area (TPSA) is 105 Å². The molecular formula is C22H23N5O3. The standard InChI is InChI=1S/C22H23N5O3/c1-30-20-8-4-17(5-9-20)13-26-22(29)27-18-6-2-16(3-7-18)12-21(28)25-15-19-14-23-10-11-24-19/h2-11,14H,12-13,15H2,1H3,(H,25,28)(H2,26,27,29). The minimum Gasteiger partial charge on any atom is -0.497 e. The quantitative estimate of drug-likeness (QED) is 0.534. The van der Waals surface area contributed by atoms with Crippen molar-refractivity contribution in [2.24, 2.45) is 0 Å². The first-order valence-corrected chi connectivity index (χ1v) is 9.40. The number of methoxy groups -OCH3 is 1. The van der Waals surface area contributed by atoms with Crippen LogP contribution in [0.25, 0.3) is 0 Å². The van der Waals surface area contributed by atoms with Crippen molar-refractivity contribution < 1.29 is 14.3 Å². The van der Waals surface area contributed by atoms with Gasteiger partial charge in [0.25, 0.3) is 0 Å². The Kier molecular flexibility index (Phi) is 7.32. The summed E-state index contributed by atoms with van der Waals surface area (Å²) >= 11 is 0. The first-order chi connectivity index (χ1) is 14.6. The van der Waals surface area contributed by atoms with Gasteiger partial charge in [0.1, 0.15) is 5.75 Å². The Balaban J connectivity index is 1.41. The molecule has 0 saturated heterocycles. The molecule has 3 amide bonds. The summed E-state index contributed by atoms with van der Waals surface area (Å²) in [6.45, 7) is 0.737. The Labute approximate surface area is 174 Å². The summed E-state index contributed by atoms with van der Waals surface area (Å²) in [5, 5.41) is 8.37. The van der Waals surface area contributed by atoms with E-state index in [2.05, 4.69) is 25.9 Å². The van der Waals surface area contributed by atoms with Crippen molar-refractivity contribution in [2.45, 2.75) is 19.5 Å². The first kappa shape index (κ1) is 20.8. The molecule has 8 nitrogen and oxygen atoms in total. The van der Waals surface area contributed by atoms with Gasteiger partial charge in [-0.25, -0.2) is 4.79 Å². The molecule has 0 bridgehead atoms. The number of amides is 3. The zero-order valence-corrected chi connectivity index (χ0v) is 16.6. The second-order valence-corrected chi connectivity index (χ2v) is 6.50. The highest BCUT2D eigenvalue weighted by Gasteiger charge is 2.06. The molecule has 1 aromatic heterocycles. The van der Waals surface area contributed by atoms with Crippen LogP contribution in [0.1, 0.15) is 16.8 Å². The van der Waals surface area contributed by atoms with Crippen molar-refractivity contribution in [1.82, 2.24) is 20.6 Å². The van der Waals surface area contributed by atoms with Crippen LogP contribution in [0.15, 0.2) is 67.1 Å². The molecule has 0 saturated carbocycles. The first-order valence-electron chi connectivity index (χ1n) is 9.40. The number of nitrogens with one attached hydrogen (secondary N) is 3. The summed E-state index contributed by atoms with van der Waals surface area (Å²) < 4.78 is 5.11. The molecular weight excluding hydrogens is 382 g/mol. The lowest BCUT2D eigenvalue weighted by molar-refractivity contribution is -0.120. The van der Waals surface area contributed by atoms with Crippen LogP contribution >= 0.6 is 0 Å². The highest BCUT2D eigenvalue weighted by molar-refractivity contribution is 5.89. The lowest BCUT2D eigenvalue weighted by Gasteiger charge is -2.09. The molecule has 0 unspecified atom stereocenters. The normalized spacial score (nSPS) is 10.2. The van der Waals surface area contributed by atoms with E-state index in [4.69, 9.17) is 4.74 Å². The highest BCUT2D eigenvalue weighted by Crippen LogP contribution is 2.12. The van der Waals surface area contributed by atoms with Crippen LogP contribution in [0.4, 0.5) is 10.5 Å². The summed E-state index contributed by atoms with van der Waals surface area (Å²) in [5.74, 6) is 0.657. The molecule has 0 aliphatic rings. The third kappa shape index (κ3) is 6.59. The maximum Gasteiger partial charge on any atom is 0.319 e. The fraction of sp³-hybridized carbons (Fsp3) is 0.182. The van der Waals surface area contributed by atoms with E-state index in [0.717, 1.165) is 16.9 Å². The van der Waals surface area contributed by atoms with Gasteiger partial charge in [0.05, 0.1) is 32.0 Å².